The van der Waals surface area contributed by atoms with Gasteiger partial charge in [0.1, 0.15) is 0 Å². The van der Waals surface area contributed by atoms with Crippen molar-refractivity contribution in [2.75, 3.05) is 19.6 Å². The Balaban J connectivity index is 2.30. The Hall–Kier alpha value is -0.590. The molecule has 1 heterocycles. The SMILES string of the molecule is CCCNC(C#N)CCN1CCCC(C)C1C. The molecule has 0 spiro atoms. The first-order valence-electron chi connectivity index (χ1n) is 7.06. The summed E-state index contributed by atoms with van der Waals surface area (Å²) in [7, 11) is 0. The molecular weight excluding hydrogens is 210 g/mol. The molecule has 0 saturated carbocycles. The Kier molecular flexibility index (Phi) is 6.54. The van der Waals surface area contributed by atoms with Crippen LogP contribution in [-0.2, 0) is 0 Å². The van der Waals surface area contributed by atoms with Crippen molar-refractivity contribution in [1.82, 2.24) is 10.2 Å². The van der Waals surface area contributed by atoms with Crippen LogP contribution in [0.1, 0.15) is 46.5 Å². The molecule has 0 aromatic heterocycles. The Morgan fingerprint density at radius 3 is 2.88 bits per heavy atom. The van der Waals surface area contributed by atoms with Gasteiger partial charge in [0.2, 0.25) is 0 Å². The summed E-state index contributed by atoms with van der Waals surface area (Å²) in [5.74, 6) is 0.799. The molecule has 1 rings (SSSR count). The van der Waals surface area contributed by atoms with Gasteiger partial charge in [-0.2, -0.15) is 5.26 Å². The molecule has 3 heteroatoms. The van der Waals surface area contributed by atoms with Gasteiger partial charge in [0.15, 0.2) is 0 Å². The van der Waals surface area contributed by atoms with Crippen molar-refractivity contribution >= 4 is 0 Å². The molecule has 1 N–H and O–H groups in total. The van der Waals surface area contributed by atoms with E-state index in [1.54, 1.807) is 0 Å². The van der Waals surface area contributed by atoms with Gasteiger partial charge in [-0.25, -0.2) is 0 Å². The molecule has 1 saturated heterocycles. The van der Waals surface area contributed by atoms with Gasteiger partial charge < -0.3 is 10.2 Å². The maximum absolute atomic E-state index is 9.07. The molecule has 3 unspecified atom stereocenters. The minimum atomic E-state index is 0.0272. The van der Waals surface area contributed by atoms with E-state index in [4.69, 9.17) is 5.26 Å². The molecule has 3 nitrogen and oxygen atoms in total. The van der Waals surface area contributed by atoms with E-state index in [1.807, 2.05) is 0 Å². The van der Waals surface area contributed by atoms with E-state index >= 15 is 0 Å². The van der Waals surface area contributed by atoms with E-state index in [-0.39, 0.29) is 6.04 Å². The molecule has 1 aliphatic rings. The van der Waals surface area contributed by atoms with Crippen molar-refractivity contribution < 1.29 is 0 Å². The zero-order chi connectivity index (χ0) is 12.7. The largest absolute Gasteiger partial charge is 0.302 e. The molecule has 0 amide bonds. The summed E-state index contributed by atoms with van der Waals surface area (Å²) in [6.07, 6.45) is 4.71. The van der Waals surface area contributed by atoms with E-state index in [1.165, 1.54) is 19.4 Å². The predicted octanol–water partition coefficient (Wildman–Crippen LogP) is 2.39. The van der Waals surface area contributed by atoms with Crippen LogP contribution in [0.15, 0.2) is 0 Å². The molecule has 1 aliphatic heterocycles. The van der Waals surface area contributed by atoms with Crippen molar-refractivity contribution in [3.8, 4) is 6.07 Å². The third-order valence-electron chi connectivity index (χ3n) is 4.01. The number of likely N-dealkylation sites (tertiary alicyclic amines) is 1. The summed E-state index contributed by atoms with van der Waals surface area (Å²) < 4.78 is 0. The predicted molar refractivity (Wildman–Crippen MR) is 71.7 cm³/mol. The number of hydrogen-bond donors (Lipinski definition) is 1. The van der Waals surface area contributed by atoms with Gasteiger partial charge in [0.05, 0.1) is 12.1 Å². The minimum absolute atomic E-state index is 0.0272. The fourth-order valence-electron chi connectivity index (χ4n) is 2.56. The van der Waals surface area contributed by atoms with Crippen molar-refractivity contribution in [2.24, 2.45) is 5.92 Å². The molecule has 98 valence electrons. The average molecular weight is 237 g/mol. The number of nitrogens with zero attached hydrogens (tertiary/aromatic N) is 2. The van der Waals surface area contributed by atoms with Crippen LogP contribution in [0.4, 0.5) is 0 Å². The van der Waals surface area contributed by atoms with Crippen LogP contribution >= 0.6 is 0 Å². The van der Waals surface area contributed by atoms with Gasteiger partial charge in [-0.1, -0.05) is 13.8 Å². The molecule has 3 atom stereocenters. The van der Waals surface area contributed by atoms with Crippen LogP contribution in [-0.4, -0.2) is 36.6 Å². The number of hydrogen-bond acceptors (Lipinski definition) is 3. The number of nitrogens with one attached hydrogen (secondary N) is 1. The normalized spacial score (nSPS) is 27.6. The van der Waals surface area contributed by atoms with Gasteiger partial charge in [-0.3, -0.25) is 0 Å². The van der Waals surface area contributed by atoms with Crippen molar-refractivity contribution in [3.63, 3.8) is 0 Å². The fourth-order valence-corrected chi connectivity index (χ4v) is 2.56. The lowest BCUT2D eigenvalue weighted by Gasteiger charge is -2.38. The summed E-state index contributed by atoms with van der Waals surface area (Å²) in [5.41, 5.74) is 0. The quantitative estimate of drug-likeness (QED) is 0.771. The van der Waals surface area contributed by atoms with Crippen LogP contribution in [0.3, 0.4) is 0 Å². The monoisotopic (exact) mass is 237 g/mol. The minimum Gasteiger partial charge on any atom is -0.302 e. The Morgan fingerprint density at radius 2 is 2.24 bits per heavy atom. The molecular formula is C14H27N3. The summed E-state index contributed by atoms with van der Waals surface area (Å²) in [6, 6.07) is 3.07. The first-order chi connectivity index (χ1) is 8.19. The standard InChI is InChI=1S/C14H27N3/c1-4-8-16-14(11-15)7-10-17-9-5-6-12(2)13(17)3/h12-14,16H,4-10H2,1-3H3. The molecule has 0 aliphatic carbocycles. The molecule has 0 aromatic carbocycles. The Bertz CT molecular complexity index is 246. The highest BCUT2D eigenvalue weighted by atomic mass is 15.2. The van der Waals surface area contributed by atoms with E-state index < -0.39 is 0 Å². The highest BCUT2D eigenvalue weighted by Crippen LogP contribution is 2.22. The number of rotatable bonds is 6. The highest BCUT2D eigenvalue weighted by Gasteiger charge is 2.24. The second-order valence-electron chi connectivity index (χ2n) is 5.32. The van der Waals surface area contributed by atoms with E-state index in [0.717, 1.165) is 31.8 Å². The Morgan fingerprint density at radius 1 is 1.47 bits per heavy atom. The second-order valence-corrected chi connectivity index (χ2v) is 5.32. The van der Waals surface area contributed by atoms with Gasteiger partial charge in [0, 0.05) is 12.6 Å². The van der Waals surface area contributed by atoms with Crippen LogP contribution in [0.5, 0.6) is 0 Å². The van der Waals surface area contributed by atoms with Crippen molar-refractivity contribution in [3.05, 3.63) is 0 Å². The molecule has 17 heavy (non-hydrogen) atoms. The smallest absolute Gasteiger partial charge is 0.0965 e. The van der Waals surface area contributed by atoms with Gasteiger partial charge in [-0.15, -0.1) is 0 Å². The maximum Gasteiger partial charge on any atom is 0.0965 e. The van der Waals surface area contributed by atoms with Gasteiger partial charge in [0.25, 0.3) is 0 Å². The fraction of sp³-hybridized carbons (Fsp3) is 0.929. The van der Waals surface area contributed by atoms with Crippen LogP contribution in [0.25, 0.3) is 0 Å². The third-order valence-corrected chi connectivity index (χ3v) is 4.01. The lowest BCUT2D eigenvalue weighted by Crippen LogP contribution is -2.44. The summed E-state index contributed by atoms with van der Waals surface area (Å²) in [6.45, 7) is 10.0. The zero-order valence-corrected chi connectivity index (χ0v) is 11.6. The van der Waals surface area contributed by atoms with Crippen molar-refractivity contribution in [2.45, 2.75) is 58.5 Å². The molecule has 1 fully saturated rings. The lowest BCUT2D eigenvalue weighted by atomic mass is 9.92. The first-order valence-corrected chi connectivity index (χ1v) is 7.06. The second kappa shape index (κ2) is 7.68. The topological polar surface area (TPSA) is 39.1 Å². The molecule has 0 aromatic rings. The lowest BCUT2D eigenvalue weighted by molar-refractivity contribution is 0.111. The van der Waals surface area contributed by atoms with Crippen LogP contribution in [0, 0.1) is 17.2 Å². The maximum atomic E-state index is 9.07. The highest BCUT2D eigenvalue weighted by molar-refractivity contribution is 4.91. The zero-order valence-electron chi connectivity index (χ0n) is 11.6. The van der Waals surface area contributed by atoms with Crippen LogP contribution < -0.4 is 5.32 Å². The first kappa shape index (κ1) is 14.5. The van der Waals surface area contributed by atoms with Crippen molar-refractivity contribution in [1.29, 1.82) is 5.26 Å². The third kappa shape index (κ3) is 4.65. The average Bonchev–Trinajstić information content (AvgIpc) is 2.34. The van der Waals surface area contributed by atoms with E-state index in [9.17, 15) is 0 Å². The summed E-state index contributed by atoms with van der Waals surface area (Å²) in [5, 5.41) is 12.4. The van der Waals surface area contributed by atoms with E-state index in [0.29, 0.717) is 6.04 Å². The van der Waals surface area contributed by atoms with Gasteiger partial charge in [-0.05, 0) is 51.6 Å². The Labute approximate surface area is 106 Å². The van der Waals surface area contributed by atoms with E-state index in [2.05, 4.69) is 37.1 Å². The summed E-state index contributed by atoms with van der Waals surface area (Å²) >= 11 is 0. The number of nitriles is 1. The summed E-state index contributed by atoms with van der Waals surface area (Å²) in [4.78, 5) is 2.55. The molecule has 0 bridgehead atoms. The number of piperidine rings is 1. The van der Waals surface area contributed by atoms with Crippen LogP contribution in [0.2, 0.25) is 0 Å². The van der Waals surface area contributed by atoms with Gasteiger partial charge >= 0.3 is 0 Å². The molecule has 0 radical (unpaired) electrons.